The molecule has 22 heavy (non-hydrogen) atoms. The summed E-state index contributed by atoms with van der Waals surface area (Å²) < 4.78 is 13.0. The molecule has 6 heteroatoms. The Kier molecular flexibility index (Phi) is 5.21. The minimum Gasteiger partial charge on any atom is -0.373 e. The topological polar surface area (TPSA) is 59.4 Å². The number of hydrogen-bond acceptors (Lipinski definition) is 4. The minimum absolute atomic E-state index is 0.0960. The third-order valence-electron chi connectivity index (χ3n) is 4.05. The number of nitrogens with one attached hydrogen (secondary N) is 1. The third kappa shape index (κ3) is 3.48. The highest BCUT2D eigenvalue weighted by molar-refractivity contribution is 5.85. The van der Waals surface area contributed by atoms with Crippen LogP contribution in [0.1, 0.15) is 26.7 Å². The van der Waals surface area contributed by atoms with E-state index in [0.717, 1.165) is 12.8 Å². The normalized spacial score (nSPS) is 17.0. The zero-order chi connectivity index (χ0) is 16.1. The molecule has 0 saturated carbocycles. The van der Waals surface area contributed by atoms with Crippen LogP contribution >= 0.6 is 0 Å². The van der Waals surface area contributed by atoms with Gasteiger partial charge in [0.15, 0.2) is 6.19 Å². The average Bonchev–Trinajstić information content (AvgIpc) is 3.01. The highest BCUT2D eigenvalue weighted by atomic mass is 19.1. The van der Waals surface area contributed by atoms with Gasteiger partial charge in [-0.25, -0.2) is 14.4 Å². The second-order valence-electron chi connectivity index (χ2n) is 5.55. The molecule has 1 fully saturated rings. The van der Waals surface area contributed by atoms with Gasteiger partial charge in [-0.3, -0.25) is 4.79 Å². The van der Waals surface area contributed by atoms with Crippen molar-refractivity contribution in [2.24, 2.45) is 5.92 Å². The molecule has 118 valence electrons. The Morgan fingerprint density at radius 2 is 2.09 bits per heavy atom. The van der Waals surface area contributed by atoms with Crippen LogP contribution in [0.4, 0.5) is 10.1 Å². The van der Waals surface area contributed by atoms with Gasteiger partial charge in [-0.05, 0) is 36.6 Å². The van der Waals surface area contributed by atoms with Crippen molar-refractivity contribution in [2.75, 3.05) is 18.4 Å². The number of nitriles is 1. The zero-order valence-electron chi connectivity index (χ0n) is 12.9. The molecule has 0 aliphatic carbocycles. The summed E-state index contributed by atoms with van der Waals surface area (Å²) in [5, 5.41) is 15.2. The van der Waals surface area contributed by atoms with Crippen LogP contribution in [0.5, 0.6) is 0 Å². The number of anilines is 1. The van der Waals surface area contributed by atoms with Gasteiger partial charge in [0.25, 0.3) is 5.91 Å². The fraction of sp³-hybridized carbons (Fsp3) is 0.500. The van der Waals surface area contributed by atoms with Crippen molar-refractivity contribution in [2.45, 2.75) is 32.7 Å². The molecule has 2 rings (SSSR count). The van der Waals surface area contributed by atoms with E-state index in [4.69, 9.17) is 5.26 Å². The molecule has 2 atom stereocenters. The van der Waals surface area contributed by atoms with Crippen molar-refractivity contribution < 1.29 is 9.18 Å². The number of carbonyl (C=O) groups is 1. The smallest absolute Gasteiger partial charge is 0.264 e. The van der Waals surface area contributed by atoms with Gasteiger partial charge >= 0.3 is 0 Å². The van der Waals surface area contributed by atoms with Gasteiger partial charge in [-0.15, -0.1) is 0 Å². The van der Waals surface area contributed by atoms with E-state index in [1.165, 1.54) is 22.2 Å². The van der Waals surface area contributed by atoms with E-state index < -0.39 is 6.04 Å². The predicted octanol–water partition coefficient (Wildman–Crippen LogP) is 2.58. The second-order valence-corrected chi connectivity index (χ2v) is 5.55. The fourth-order valence-electron chi connectivity index (χ4n) is 2.51. The summed E-state index contributed by atoms with van der Waals surface area (Å²) in [7, 11) is 0. The first-order valence-corrected chi connectivity index (χ1v) is 7.57. The SMILES string of the molecule is CCC(C)C(Nc1ccc(F)cc1)C(=O)N1CCCN1C#N. The Morgan fingerprint density at radius 3 is 2.68 bits per heavy atom. The van der Waals surface area contributed by atoms with E-state index in [9.17, 15) is 9.18 Å². The van der Waals surface area contributed by atoms with E-state index in [0.29, 0.717) is 18.8 Å². The molecule has 0 radical (unpaired) electrons. The van der Waals surface area contributed by atoms with E-state index in [1.807, 2.05) is 20.0 Å². The number of benzene rings is 1. The molecule has 1 aliphatic heterocycles. The quantitative estimate of drug-likeness (QED) is 0.849. The molecule has 0 aromatic heterocycles. The molecule has 2 unspecified atom stereocenters. The van der Waals surface area contributed by atoms with Gasteiger partial charge in [0.1, 0.15) is 11.9 Å². The number of hydrazine groups is 1. The first kappa shape index (κ1) is 16.1. The largest absolute Gasteiger partial charge is 0.373 e. The van der Waals surface area contributed by atoms with Crippen LogP contribution < -0.4 is 5.32 Å². The number of hydrogen-bond donors (Lipinski definition) is 1. The molecule has 0 spiro atoms. The first-order valence-electron chi connectivity index (χ1n) is 7.57. The van der Waals surface area contributed by atoms with Crippen molar-refractivity contribution in [1.82, 2.24) is 10.0 Å². The molecular weight excluding hydrogens is 283 g/mol. The number of halogens is 1. The van der Waals surface area contributed by atoms with E-state index in [-0.39, 0.29) is 17.6 Å². The lowest BCUT2D eigenvalue weighted by atomic mass is 9.97. The Bertz CT molecular complexity index is 554. The molecule has 1 aromatic carbocycles. The second kappa shape index (κ2) is 7.12. The average molecular weight is 304 g/mol. The molecule has 0 bridgehead atoms. The summed E-state index contributed by atoms with van der Waals surface area (Å²) in [6, 6.07) is 5.51. The first-order chi connectivity index (χ1) is 10.6. The van der Waals surface area contributed by atoms with Crippen molar-refractivity contribution in [3.63, 3.8) is 0 Å². The highest BCUT2D eigenvalue weighted by Crippen LogP contribution is 2.20. The zero-order valence-corrected chi connectivity index (χ0v) is 12.9. The lowest BCUT2D eigenvalue weighted by Crippen LogP contribution is -2.49. The van der Waals surface area contributed by atoms with Gasteiger partial charge in [0.05, 0.1) is 6.54 Å². The summed E-state index contributed by atoms with van der Waals surface area (Å²) in [6.07, 6.45) is 3.66. The number of amides is 1. The molecule has 1 N–H and O–H groups in total. The number of nitrogens with zero attached hydrogens (tertiary/aromatic N) is 3. The van der Waals surface area contributed by atoms with Crippen molar-refractivity contribution >= 4 is 11.6 Å². The lowest BCUT2D eigenvalue weighted by Gasteiger charge is -2.31. The Hall–Kier alpha value is -2.29. The van der Waals surface area contributed by atoms with Gasteiger partial charge in [0.2, 0.25) is 0 Å². The fourth-order valence-corrected chi connectivity index (χ4v) is 2.51. The van der Waals surface area contributed by atoms with E-state index in [2.05, 4.69) is 5.32 Å². The van der Waals surface area contributed by atoms with Gasteiger partial charge < -0.3 is 5.32 Å². The van der Waals surface area contributed by atoms with Crippen LogP contribution in [0.3, 0.4) is 0 Å². The van der Waals surface area contributed by atoms with E-state index in [1.54, 1.807) is 12.1 Å². The van der Waals surface area contributed by atoms with Gasteiger partial charge in [-0.2, -0.15) is 5.26 Å². The predicted molar refractivity (Wildman–Crippen MR) is 81.9 cm³/mol. The summed E-state index contributed by atoms with van der Waals surface area (Å²) in [4.78, 5) is 12.8. The Balaban J connectivity index is 2.17. The minimum atomic E-state index is -0.440. The molecule has 1 amide bonds. The van der Waals surface area contributed by atoms with Crippen LogP contribution in [0.2, 0.25) is 0 Å². The Morgan fingerprint density at radius 1 is 1.41 bits per heavy atom. The summed E-state index contributed by atoms with van der Waals surface area (Å²) in [5.74, 6) is -0.330. The van der Waals surface area contributed by atoms with Gasteiger partial charge in [-0.1, -0.05) is 20.3 Å². The highest BCUT2D eigenvalue weighted by Gasteiger charge is 2.33. The number of carbonyl (C=O) groups excluding carboxylic acids is 1. The molecule has 1 saturated heterocycles. The van der Waals surface area contributed by atoms with Gasteiger partial charge in [0, 0.05) is 12.2 Å². The standard InChI is InChI=1S/C16H21FN4O/c1-3-12(2)15(19-14-7-5-13(17)6-8-14)16(22)21-10-4-9-20(21)11-18/h5-8,12,15,19H,3-4,9-10H2,1-2H3. The van der Waals surface area contributed by atoms with Crippen LogP contribution in [0.25, 0.3) is 0 Å². The summed E-state index contributed by atoms with van der Waals surface area (Å²) >= 11 is 0. The molecule has 5 nitrogen and oxygen atoms in total. The Labute approximate surface area is 130 Å². The maximum Gasteiger partial charge on any atom is 0.264 e. The van der Waals surface area contributed by atoms with E-state index >= 15 is 0 Å². The number of rotatable bonds is 5. The molecule has 1 aliphatic rings. The maximum atomic E-state index is 13.0. The summed E-state index contributed by atoms with van der Waals surface area (Å²) in [6.45, 7) is 5.14. The third-order valence-corrected chi connectivity index (χ3v) is 4.05. The monoisotopic (exact) mass is 304 g/mol. The van der Waals surface area contributed by atoms with Crippen molar-refractivity contribution in [3.8, 4) is 6.19 Å². The van der Waals surface area contributed by atoms with Crippen molar-refractivity contribution in [3.05, 3.63) is 30.1 Å². The van der Waals surface area contributed by atoms with Crippen LogP contribution in [-0.4, -0.2) is 35.1 Å². The van der Waals surface area contributed by atoms with Crippen molar-refractivity contribution in [1.29, 1.82) is 5.26 Å². The molecular formula is C16H21FN4O. The molecule has 1 aromatic rings. The lowest BCUT2D eigenvalue weighted by molar-refractivity contribution is -0.141. The molecule has 1 heterocycles. The maximum absolute atomic E-state index is 13.0. The van der Waals surface area contributed by atoms with Crippen LogP contribution in [0.15, 0.2) is 24.3 Å². The summed E-state index contributed by atoms with van der Waals surface area (Å²) in [5.41, 5.74) is 0.697. The van der Waals surface area contributed by atoms with Crippen LogP contribution in [-0.2, 0) is 4.79 Å². The van der Waals surface area contributed by atoms with Crippen LogP contribution in [0, 0.1) is 23.2 Å².